The third kappa shape index (κ3) is 4.12. The number of nitrogens with one attached hydrogen (secondary N) is 1. The minimum atomic E-state index is -0.545. The van der Waals surface area contributed by atoms with Crippen molar-refractivity contribution in [1.82, 2.24) is 4.90 Å². The molecular weight excluding hydrogens is 328 g/mol. The fourth-order valence-electron chi connectivity index (χ4n) is 3.47. The van der Waals surface area contributed by atoms with Gasteiger partial charge in [0, 0.05) is 12.6 Å². The second kappa shape index (κ2) is 8.17. The predicted molar refractivity (Wildman–Crippen MR) is 102 cm³/mol. The van der Waals surface area contributed by atoms with E-state index >= 15 is 0 Å². The molecule has 0 aromatic heterocycles. The SMILES string of the molecule is C=CC(=O)Nc1ccc(C2CCCN2CC(O)c2ccccc2)cc1O. The molecule has 26 heavy (non-hydrogen) atoms. The number of anilines is 1. The standard InChI is InChI=1S/C21H24N2O3/c1-2-21(26)22-17-11-10-16(13-19(17)24)18-9-6-12-23(18)14-20(25)15-7-4-3-5-8-15/h2-5,7-8,10-11,13,18,20,24-25H,1,6,9,12,14H2,(H,22,26). The lowest BCUT2D eigenvalue weighted by molar-refractivity contribution is -0.111. The van der Waals surface area contributed by atoms with Crippen LogP contribution in [0.15, 0.2) is 61.2 Å². The van der Waals surface area contributed by atoms with Gasteiger partial charge in [0.15, 0.2) is 0 Å². The van der Waals surface area contributed by atoms with Crippen molar-refractivity contribution in [2.75, 3.05) is 18.4 Å². The number of hydrogen-bond donors (Lipinski definition) is 3. The third-order valence-electron chi connectivity index (χ3n) is 4.81. The number of amides is 1. The molecule has 5 nitrogen and oxygen atoms in total. The molecule has 2 unspecified atom stereocenters. The number of hydrogen-bond acceptors (Lipinski definition) is 4. The lowest BCUT2D eigenvalue weighted by Gasteiger charge is -2.27. The van der Waals surface area contributed by atoms with E-state index in [1.807, 2.05) is 36.4 Å². The van der Waals surface area contributed by atoms with Crippen LogP contribution in [0.3, 0.4) is 0 Å². The molecule has 2 aromatic rings. The maximum atomic E-state index is 11.4. The summed E-state index contributed by atoms with van der Waals surface area (Å²) in [6, 6.07) is 15.1. The predicted octanol–water partition coefficient (Wildman–Crippen LogP) is 3.39. The summed E-state index contributed by atoms with van der Waals surface area (Å²) in [5.74, 6) is -0.324. The molecule has 3 N–H and O–H groups in total. The highest BCUT2D eigenvalue weighted by atomic mass is 16.3. The number of phenols is 1. The summed E-state index contributed by atoms with van der Waals surface area (Å²) in [6.45, 7) is 4.86. The van der Waals surface area contributed by atoms with E-state index in [0.717, 1.165) is 36.6 Å². The van der Waals surface area contributed by atoms with Gasteiger partial charge in [-0.05, 0) is 48.7 Å². The van der Waals surface area contributed by atoms with Gasteiger partial charge in [-0.1, -0.05) is 43.0 Å². The summed E-state index contributed by atoms with van der Waals surface area (Å²) in [5, 5.41) is 23.3. The number of carbonyl (C=O) groups excluding carboxylic acids is 1. The number of carbonyl (C=O) groups is 1. The van der Waals surface area contributed by atoms with Crippen LogP contribution in [-0.4, -0.2) is 34.1 Å². The van der Waals surface area contributed by atoms with Crippen LogP contribution in [0.1, 0.15) is 36.1 Å². The van der Waals surface area contributed by atoms with Crippen LogP contribution in [0.25, 0.3) is 0 Å². The Morgan fingerprint density at radius 2 is 2.08 bits per heavy atom. The number of aromatic hydroxyl groups is 1. The van der Waals surface area contributed by atoms with Crippen molar-refractivity contribution in [2.45, 2.75) is 25.0 Å². The van der Waals surface area contributed by atoms with Crippen molar-refractivity contribution in [3.8, 4) is 5.75 Å². The maximum Gasteiger partial charge on any atom is 0.247 e. The van der Waals surface area contributed by atoms with Gasteiger partial charge in [0.1, 0.15) is 5.75 Å². The number of β-amino-alcohol motifs (C(OH)–C–C–N with tert-alkyl or cyclic N) is 1. The van der Waals surface area contributed by atoms with E-state index in [2.05, 4.69) is 16.8 Å². The van der Waals surface area contributed by atoms with E-state index < -0.39 is 6.10 Å². The highest BCUT2D eigenvalue weighted by molar-refractivity contribution is 5.99. The van der Waals surface area contributed by atoms with Crippen LogP contribution >= 0.6 is 0 Å². The Labute approximate surface area is 153 Å². The summed E-state index contributed by atoms with van der Waals surface area (Å²) < 4.78 is 0. The molecule has 0 radical (unpaired) electrons. The first-order valence-electron chi connectivity index (χ1n) is 8.82. The van der Waals surface area contributed by atoms with E-state index in [1.165, 1.54) is 0 Å². The molecule has 1 saturated heterocycles. The maximum absolute atomic E-state index is 11.4. The second-order valence-electron chi connectivity index (χ2n) is 6.55. The summed E-state index contributed by atoms with van der Waals surface area (Å²) in [4.78, 5) is 13.7. The van der Waals surface area contributed by atoms with E-state index in [1.54, 1.807) is 12.1 Å². The summed E-state index contributed by atoms with van der Waals surface area (Å²) in [6.07, 6.45) is 2.63. The van der Waals surface area contributed by atoms with Crippen molar-refractivity contribution < 1.29 is 15.0 Å². The molecule has 1 aliphatic heterocycles. The van der Waals surface area contributed by atoms with Gasteiger partial charge in [-0.2, -0.15) is 0 Å². The second-order valence-corrected chi connectivity index (χ2v) is 6.55. The average Bonchev–Trinajstić information content (AvgIpc) is 3.12. The Kier molecular flexibility index (Phi) is 5.71. The summed E-state index contributed by atoms with van der Waals surface area (Å²) in [5.41, 5.74) is 2.26. The van der Waals surface area contributed by atoms with Crippen LogP contribution in [0.5, 0.6) is 5.75 Å². The van der Waals surface area contributed by atoms with Crippen molar-refractivity contribution in [3.63, 3.8) is 0 Å². The van der Waals surface area contributed by atoms with Gasteiger partial charge in [-0.15, -0.1) is 0 Å². The Morgan fingerprint density at radius 3 is 2.77 bits per heavy atom. The van der Waals surface area contributed by atoms with Gasteiger partial charge >= 0.3 is 0 Å². The highest BCUT2D eigenvalue weighted by Crippen LogP contribution is 2.36. The lowest BCUT2D eigenvalue weighted by Crippen LogP contribution is -2.28. The van der Waals surface area contributed by atoms with Crippen molar-refractivity contribution in [2.24, 2.45) is 0 Å². The molecular formula is C21H24N2O3. The minimum absolute atomic E-state index is 0.0353. The number of aliphatic hydroxyl groups excluding tert-OH is 1. The minimum Gasteiger partial charge on any atom is -0.506 e. The van der Waals surface area contributed by atoms with E-state index in [9.17, 15) is 15.0 Å². The first-order valence-corrected chi connectivity index (χ1v) is 8.82. The zero-order valence-electron chi connectivity index (χ0n) is 14.6. The van der Waals surface area contributed by atoms with Crippen LogP contribution in [0.4, 0.5) is 5.69 Å². The highest BCUT2D eigenvalue weighted by Gasteiger charge is 2.28. The molecule has 1 aliphatic rings. The van der Waals surface area contributed by atoms with Gasteiger partial charge < -0.3 is 15.5 Å². The molecule has 1 fully saturated rings. The third-order valence-corrected chi connectivity index (χ3v) is 4.81. The van der Waals surface area contributed by atoms with Crippen molar-refractivity contribution >= 4 is 11.6 Å². The lowest BCUT2D eigenvalue weighted by atomic mass is 10.0. The molecule has 1 heterocycles. The monoisotopic (exact) mass is 352 g/mol. The average molecular weight is 352 g/mol. The number of phenolic OH excluding ortho intramolecular Hbond substituents is 1. The molecule has 0 spiro atoms. The van der Waals surface area contributed by atoms with E-state index in [0.29, 0.717) is 12.2 Å². The molecule has 1 amide bonds. The first-order chi connectivity index (χ1) is 12.6. The Balaban J connectivity index is 1.72. The molecule has 5 heteroatoms. The van der Waals surface area contributed by atoms with Gasteiger partial charge in [0.2, 0.25) is 5.91 Å². The zero-order chi connectivity index (χ0) is 18.5. The van der Waals surface area contributed by atoms with Gasteiger partial charge in [-0.3, -0.25) is 9.69 Å². The summed E-state index contributed by atoms with van der Waals surface area (Å²) in [7, 11) is 0. The van der Waals surface area contributed by atoms with Crippen molar-refractivity contribution in [3.05, 3.63) is 72.3 Å². The largest absolute Gasteiger partial charge is 0.506 e. The van der Waals surface area contributed by atoms with E-state index in [4.69, 9.17) is 0 Å². The fourth-order valence-corrected chi connectivity index (χ4v) is 3.47. The number of benzene rings is 2. The molecule has 136 valence electrons. The van der Waals surface area contributed by atoms with E-state index in [-0.39, 0.29) is 17.7 Å². The van der Waals surface area contributed by atoms with Crippen molar-refractivity contribution in [1.29, 1.82) is 0 Å². The zero-order valence-corrected chi connectivity index (χ0v) is 14.6. The molecule has 0 bridgehead atoms. The summed E-state index contributed by atoms with van der Waals surface area (Å²) >= 11 is 0. The number of aliphatic hydroxyl groups is 1. The first kappa shape index (κ1) is 18.2. The number of nitrogens with zero attached hydrogens (tertiary/aromatic N) is 1. The van der Waals surface area contributed by atoms with Crippen LogP contribution < -0.4 is 5.32 Å². The Morgan fingerprint density at radius 1 is 1.31 bits per heavy atom. The fraction of sp³-hybridized carbons (Fsp3) is 0.286. The number of rotatable bonds is 6. The normalized spacial score (nSPS) is 18.4. The van der Waals surface area contributed by atoms with Gasteiger partial charge in [0.25, 0.3) is 0 Å². The quantitative estimate of drug-likeness (QED) is 0.550. The van der Waals surface area contributed by atoms with Crippen LogP contribution in [-0.2, 0) is 4.79 Å². The van der Waals surface area contributed by atoms with Crippen LogP contribution in [0, 0.1) is 0 Å². The Hall–Kier alpha value is -2.63. The topological polar surface area (TPSA) is 72.8 Å². The smallest absolute Gasteiger partial charge is 0.247 e. The molecule has 2 aromatic carbocycles. The molecule has 2 atom stereocenters. The molecule has 3 rings (SSSR count). The number of likely N-dealkylation sites (tertiary alicyclic amines) is 1. The molecule has 0 saturated carbocycles. The Bertz CT molecular complexity index is 776. The van der Waals surface area contributed by atoms with Gasteiger partial charge in [0.05, 0.1) is 11.8 Å². The van der Waals surface area contributed by atoms with Gasteiger partial charge in [-0.25, -0.2) is 0 Å². The molecule has 0 aliphatic carbocycles. The van der Waals surface area contributed by atoms with Crippen LogP contribution in [0.2, 0.25) is 0 Å².